The van der Waals surface area contributed by atoms with Gasteiger partial charge < -0.3 is 15.7 Å². The van der Waals surface area contributed by atoms with E-state index in [4.69, 9.17) is 9.97 Å². The molecule has 3 N–H and O–H groups in total. The summed E-state index contributed by atoms with van der Waals surface area (Å²) in [5, 5.41) is 18.0. The van der Waals surface area contributed by atoms with Crippen molar-refractivity contribution in [2.45, 2.75) is 70.6 Å². The molecule has 0 amide bonds. The van der Waals surface area contributed by atoms with Crippen LogP contribution in [0.2, 0.25) is 0 Å². The van der Waals surface area contributed by atoms with Gasteiger partial charge in [0.2, 0.25) is 5.95 Å². The maximum atomic E-state index is 13.4. The van der Waals surface area contributed by atoms with Crippen molar-refractivity contribution in [2.75, 3.05) is 11.9 Å². The van der Waals surface area contributed by atoms with Gasteiger partial charge in [0.1, 0.15) is 5.39 Å². The molecule has 3 aromatic heterocycles. The molecule has 1 aliphatic carbocycles. The van der Waals surface area contributed by atoms with Gasteiger partial charge in [0.25, 0.3) is 5.56 Å². The van der Waals surface area contributed by atoms with Gasteiger partial charge in [-0.3, -0.25) is 4.79 Å². The lowest BCUT2D eigenvalue weighted by Crippen LogP contribution is -2.43. The molecule has 1 aliphatic heterocycles. The molecule has 4 aromatic rings. The van der Waals surface area contributed by atoms with Crippen molar-refractivity contribution < 1.29 is 5.11 Å². The van der Waals surface area contributed by atoms with Crippen molar-refractivity contribution in [2.24, 2.45) is 0 Å². The Morgan fingerprint density at radius 2 is 1.89 bits per heavy atom. The summed E-state index contributed by atoms with van der Waals surface area (Å²) in [5.74, 6) is 1.02. The van der Waals surface area contributed by atoms with Crippen molar-refractivity contribution >= 4 is 22.7 Å². The van der Waals surface area contributed by atoms with Crippen LogP contribution < -0.4 is 16.2 Å². The monoisotopic (exact) mass is 499 g/mol. The number of pyridine rings is 1. The number of nitrogens with zero attached hydrogens (tertiary/aromatic N) is 5. The molecular formula is C28H33N7O2. The summed E-state index contributed by atoms with van der Waals surface area (Å²) in [4.78, 5) is 27.7. The summed E-state index contributed by atoms with van der Waals surface area (Å²) >= 11 is 0. The van der Waals surface area contributed by atoms with Crippen molar-refractivity contribution in [3.8, 4) is 5.82 Å². The molecule has 0 unspecified atom stereocenters. The Morgan fingerprint density at radius 3 is 2.65 bits per heavy atom. The number of hydrogen-bond donors (Lipinski definition) is 3. The minimum atomic E-state index is -0.988. The third kappa shape index (κ3) is 4.12. The largest absolute Gasteiger partial charge is 0.390 e. The zero-order valence-corrected chi connectivity index (χ0v) is 21.7. The normalized spacial score (nSPS) is 16.1. The maximum absolute atomic E-state index is 13.4. The van der Waals surface area contributed by atoms with E-state index in [1.54, 1.807) is 24.7 Å². The Bertz CT molecular complexity index is 1560. The first-order valence-electron chi connectivity index (χ1n) is 12.9. The summed E-state index contributed by atoms with van der Waals surface area (Å²) < 4.78 is 3.59. The van der Waals surface area contributed by atoms with Gasteiger partial charge in [-0.2, -0.15) is 4.98 Å². The lowest BCUT2D eigenvalue weighted by atomic mass is 9.74. The van der Waals surface area contributed by atoms with Crippen molar-refractivity contribution in [1.29, 1.82) is 0 Å². The summed E-state index contributed by atoms with van der Waals surface area (Å²) in [7, 11) is 0. The molecule has 4 heterocycles. The minimum Gasteiger partial charge on any atom is -0.390 e. The van der Waals surface area contributed by atoms with Gasteiger partial charge in [0.15, 0.2) is 11.5 Å². The fourth-order valence-corrected chi connectivity index (χ4v) is 4.82. The standard InChI is InChI=1S/C28H33N7O2/c1-27(2,28(3,4)37)22-6-5-7-23(32-22)35-24-21(25(36)34(35)20-10-11-20)16-30-26(33-24)31-19-9-8-18-15-29-13-12-17(18)14-19/h5-9,14,16,20,29,37H,10-13,15H2,1-4H3,(H,30,31,33). The number of aromatic nitrogens is 5. The lowest BCUT2D eigenvalue weighted by Gasteiger charge is -2.36. The maximum Gasteiger partial charge on any atom is 0.278 e. The molecule has 0 atom stereocenters. The van der Waals surface area contributed by atoms with E-state index in [0.29, 0.717) is 22.8 Å². The van der Waals surface area contributed by atoms with Gasteiger partial charge >= 0.3 is 0 Å². The number of fused-ring (bicyclic) bond motifs is 2. The zero-order chi connectivity index (χ0) is 25.9. The van der Waals surface area contributed by atoms with Crippen LogP contribution in [0.5, 0.6) is 0 Å². The molecule has 9 nitrogen and oxygen atoms in total. The predicted octanol–water partition coefficient (Wildman–Crippen LogP) is 3.75. The van der Waals surface area contributed by atoms with Gasteiger partial charge in [-0.25, -0.2) is 19.3 Å². The Morgan fingerprint density at radius 1 is 1.08 bits per heavy atom. The van der Waals surface area contributed by atoms with Crippen LogP contribution in [0.25, 0.3) is 16.9 Å². The van der Waals surface area contributed by atoms with Gasteiger partial charge in [0.05, 0.1) is 17.3 Å². The van der Waals surface area contributed by atoms with E-state index in [2.05, 4.69) is 27.8 Å². The van der Waals surface area contributed by atoms with Crippen LogP contribution in [-0.4, -0.2) is 41.6 Å². The summed E-state index contributed by atoms with van der Waals surface area (Å²) in [5.41, 5.74) is 3.09. The third-order valence-electron chi connectivity index (χ3n) is 7.99. The van der Waals surface area contributed by atoms with E-state index >= 15 is 0 Å². The highest BCUT2D eigenvalue weighted by molar-refractivity contribution is 5.77. The summed E-state index contributed by atoms with van der Waals surface area (Å²) in [6.45, 7) is 9.37. The molecule has 1 saturated carbocycles. The molecular weight excluding hydrogens is 466 g/mol. The topological polar surface area (TPSA) is 110 Å². The van der Waals surface area contributed by atoms with E-state index in [0.717, 1.165) is 43.7 Å². The fourth-order valence-electron chi connectivity index (χ4n) is 4.82. The second-order valence-electron chi connectivity index (χ2n) is 11.2. The highest BCUT2D eigenvalue weighted by atomic mass is 16.3. The first-order chi connectivity index (χ1) is 17.6. The Balaban J connectivity index is 1.46. The molecule has 6 rings (SSSR count). The van der Waals surface area contributed by atoms with Crippen molar-refractivity contribution in [1.82, 2.24) is 29.6 Å². The van der Waals surface area contributed by atoms with E-state index in [1.165, 1.54) is 11.1 Å². The zero-order valence-electron chi connectivity index (χ0n) is 21.7. The number of benzene rings is 1. The second-order valence-corrected chi connectivity index (χ2v) is 11.2. The van der Waals surface area contributed by atoms with Gasteiger partial charge in [-0.05, 0) is 75.0 Å². The number of aliphatic hydroxyl groups is 1. The molecule has 0 saturated heterocycles. The van der Waals surface area contributed by atoms with Crippen LogP contribution in [0.1, 0.15) is 63.4 Å². The van der Waals surface area contributed by atoms with E-state index < -0.39 is 11.0 Å². The van der Waals surface area contributed by atoms with Crippen LogP contribution >= 0.6 is 0 Å². The third-order valence-corrected chi connectivity index (χ3v) is 7.99. The van der Waals surface area contributed by atoms with Crippen LogP contribution in [0.15, 0.2) is 47.4 Å². The van der Waals surface area contributed by atoms with E-state index in [-0.39, 0.29) is 11.6 Å². The molecule has 37 heavy (non-hydrogen) atoms. The number of anilines is 2. The number of nitrogens with one attached hydrogen (secondary N) is 2. The Hall–Kier alpha value is -3.56. The van der Waals surface area contributed by atoms with Gasteiger partial charge in [-0.1, -0.05) is 26.0 Å². The molecule has 192 valence electrons. The average Bonchev–Trinajstić information content (AvgIpc) is 3.67. The molecule has 0 bridgehead atoms. The first kappa shape index (κ1) is 23.8. The SMILES string of the molecule is CC(C)(O)C(C)(C)c1cccc(-n2c3nc(Nc4ccc5c(c4)CCNC5)ncc3c(=O)n2C2CC2)n1. The van der Waals surface area contributed by atoms with Crippen molar-refractivity contribution in [3.05, 3.63) is 69.8 Å². The Kier molecular flexibility index (Phi) is 5.47. The molecule has 2 aliphatic rings. The fraction of sp³-hybridized carbons (Fsp3) is 0.429. The van der Waals surface area contributed by atoms with E-state index in [9.17, 15) is 9.90 Å². The summed E-state index contributed by atoms with van der Waals surface area (Å²) in [6.07, 6.45) is 4.47. The van der Waals surface area contributed by atoms with Crippen LogP contribution in [0.4, 0.5) is 11.6 Å². The minimum absolute atomic E-state index is 0.111. The number of hydrogen-bond acceptors (Lipinski definition) is 7. The van der Waals surface area contributed by atoms with Crippen molar-refractivity contribution in [3.63, 3.8) is 0 Å². The predicted molar refractivity (Wildman–Crippen MR) is 144 cm³/mol. The smallest absolute Gasteiger partial charge is 0.278 e. The van der Waals surface area contributed by atoms with Crippen LogP contribution in [-0.2, 0) is 18.4 Å². The molecule has 1 aromatic carbocycles. The van der Waals surface area contributed by atoms with Gasteiger partial charge in [0, 0.05) is 23.8 Å². The highest BCUT2D eigenvalue weighted by Gasteiger charge is 2.38. The molecule has 0 radical (unpaired) electrons. The average molecular weight is 500 g/mol. The molecule has 9 heteroatoms. The Labute approximate surface area is 215 Å². The second kappa shape index (κ2) is 8.49. The number of rotatable bonds is 6. The first-order valence-corrected chi connectivity index (χ1v) is 12.9. The summed E-state index contributed by atoms with van der Waals surface area (Å²) in [6, 6.07) is 12.1. The highest BCUT2D eigenvalue weighted by Crippen LogP contribution is 2.37. The van der Waals surface area contributed by atoms with E-state index in [1.807, 2.05) is 42.8 Å². The van der Waals surface area contributed by atoms with Gasteiger partial charge in [-0.15, -0.1) is 0 Å². The van der Waals surface area contributed by atoms with Crippen LogP contribution in [0, 0.1) is 0 Å². The molecule has 1 fully saturated rings. The van der Waals surface area contributed by atoms with Crippen LogP contribution in [0.3, 0.4) is 0 Å². The quantitative estimate of drug-likeness (QED) is 0.371. The lowest BCUT2D eigenvalue weighted by molar-refractivity contribution is 0.00776. The molecule has 0 spiro atoms.